The van der Waals surface area contributed by atoms with Gasteiger partial charge in [0.1, 0.15) is 0 Å². The molecule has 0 spiro atoms. The first-order valence-electron chi connectivity index (χ1n) is 7.20. The third-order valence-corrected chi connectivity index (χ3v) is 3.61. The van der Waals surface area contributed by atoms with E-state index in [0.717, 1.165) is 32.1 Å². The van der Waals surface area contributed by atoms with Gasteiger partial charge in [-0.15, -0.1) is 0 Å². The molecule has 0 aromatic rings. The van der Waals surface area contributed by atoms with E-state index < -0.39 is 5.97 Å². The Kier molecular flexibility index (Phi) is 7.48. The van der Waals surface area contributed by atoms with Crippen LogP contribution in [0.1, 0.15) is 45.4 Å². The van der Waals surface area contributed by atoms with Crippen molar-refractivity contribution in [2.24, 2.45) is 11.8 Å². The first-order chi connectivity index (χ1) is 9.13. The predicted molar refractivity (Wildman–Crippen MR) is 71.8 cm³/mol. The average molecular weight is 271 g/mol. The fourth-order valence-corrected chi connectivity index (χ4v) is 2.37. The van der Waals surface area contributed by atoms with Crippen molar-refractivity contribution in [3.8, 4) is 0 Å². The molecule has 0 atom stereocenters. The van der Waals surface area contributed by atoms with Crippen molar-refractivity contribution in [2.45, 2.75) is 45.4 Å². The third kappa shape index (κ3) is 6.57. The monoisotopic (exact) mass is 271 g/mol. The van der Waals surface area contributed by atoms with Gasteiger partial charge >= 0.3 is 5.97 Å². The molecule has 5 heteroatoms. The molecule has 19 heavy (non-hydrogen) atoms. The Balaban J connectivity index is 2.06. The van der Waals surface area contributed by atoms with Crippen LogP contribution in [0.25, 0.3) is 0 Å². The lowest BCUT2D eigenvalue weighted by molar-refractivity contribution is -0.143. The SMILES string of the molecule is CCCOCCC(=O)NCC1CCC(C(=O)O)CC1. The van der Waals surface area contributed by atoms with Crippen molar-refractivity contribution in [3.05, 3.63) is 0 Å². The summed E-state index contributed by atoms with van der Waals surface area (Å²) in [6.45, 7) is 3.88. The number of hydrogen-bond donors (Lipinski definition) is 2. The van der Waals surface area contributed by atoms with Crippen LogP contribution in [0.2, 0.25) is 0 Å². The van der Waals surface area contributed by atoms with Crippen LogP contribution in [0.5, 0.6) is 0 Å². The highest BCUT2D eigenvalue weighted by atomic mass is 16.5. The molecule has 1 saturated carbocycles. The van der Waals surface area contributed by atoms with Crippen molar-refractivity contribution in [3.63, 3.8) is 0 Å². The quantitative estimate of drug-likeness (QED) is 0.660. The van der Waals surface area contributed by atoms with Crippen LogP contribution < -0.4 is 5.32 Å². The molecule has 1 amide bonds. The van der Waals surface area contributed by atoms with Crippen molar-refractivity contribution < 1.29 is 19.4 Å². The van der Waals surface area contributed by atoms with E-state index in [0.29, 0.717) is 32.1 Å². The number of aliphatic carboxylic acids is 1. The van der Waals surface area contributed by atoms with Gasteiger partial charge in [-0.05, 0) is 38.0 Å². The number of carbonyl (C=O) groups is 2. The number of carboxylic acid groups (broad SMARTS) is 1. The molecule has 0 unspecified atom stereocenters. The number of hydrogen-bond acceptors (Lipinski definition) is 3. The Labute approximate surface area is 114 Å². The van der Waals surface area contributed by atoms with Gasteiger partial charge in [0.15, 0.2) is 0 Å². The van der Waals surface area contributed by atoms with Gasteiger partial charge in [0.2, 0.25) is 5.91 Å². The van der Waals surface area contributed by atoms with Crippen LogP contribution in [0.4, 0.5) is 0 Å². The smallest absolute Gasteiger partial charge is 0.306 e. The van der Waals surface area contributed by atoms with Gasteiger partial charge < -0.3 is 15.2 Å². The molecule has 0 bridgehead atoms. The average Bonchev–Trinajstić information content (AvgIpc) is 2.42. The Bertz CT molecular complexity index is 285. The number of rotatable bonds is 8. The van der Waals surface area contributed by atoms with Gasteiger partial charge in [0.05, 0.1) is 12.5 Å². The lowest BCUT2D eigenvalue weighted by Gasteiger charge is -2.26. The number of carboxylic acids is 1. The predicted octanol–water partition coefficient (Wildman–Crippen LogP) is 1.81. The second-order valence-corrected chi connectivity index (χ2v) is 5.22. The van der Waals surface area contributed by atoms with Crippen LogP contribution in [0.3, 0.4) is 0 Å². The molecule has 0 aromatic carbocycles. The van der Waals surface area contributed by atoms with Gasteiger partial charge in [-0.3, -0.25) is 9.59 Å². The molecule has 0 aliphatic heterocycles. The van der Waals surface area contributed by atoms with Crippen molar-refractivity contribution in [2.75, 3.05) is 19.8 Å². The van der Waals surface area contributed by atoms with Gasteiger partial charge in [-0.2, -0.15) is 0 Å². The molecule has 1 aliphatic carbocycles. The summed E-state index contributed by atoms with van der Waals surface area (Å²) in [5, 5.41) is 11.8. The first-order valence-corrected chi connectivity index (χ1v) is 7.20. The molecule has 1 rings (SSSR count). The lowest BCUT2D eigenvalue weighted by atomic mass is 9.82. The highest BCUT2D eigenvalue weighted by Gasteiger charge is 2.25. The number of carbonyl (C=O) groups excluding carboxylic acids is 1. The molecule has 110 valence electrons. The fraction of sp³-hybridized carbons (Fsp3) is 0.857. The summed E-state index contributed by atoms with van der Waals surface area (Å²) in [6, 6.07) is 0. The highest BCUT2D eigenvalue weighted by Crippen LogP contribution is 2.28. The van der Waals surface area contributed by atoms with Gasteiger partial charge in [0, 0.05) is 19.6 Å². The summed E-state index contributed by atoms with van der Waals surface area (Å²) in [4.78, 5) is 22.4. The number of amides is 1. The minimum absolute atomic E-state index is 0.0245. The minimum Gasteiger partial charge on any atom is -0.481 e. The van der Waals surface area contributed by atoms with Crippen LogP contribution >= 0.6 is 0 Å². The zero-order valence-corrected chi connectivity index (χ0v) is 11.7. The molecular formula is C14H25NO4. The Morgan fingerprint density at radius 1 is 1.21 bits per heavy atom. The van der Waals surface area contributed by atoms with E-state index in [1.807, 2.05) is 6.92 Å². The molecule has 1 aliphatic rings. The lowest BCUT2D eigenvalue weighted by Crippen LogP contribution is -2.32. The first kappa shape index (κ1) is 16.0. The van der Waals surface area contributed by atoms with E-state index in [1.54, 1.807) is 0 Å². The summed E-state index contributed by atoms with van der Waals surface area (Å²) in [5.74, 6) is -0.419. The summed E-state index contributed by atoms with van der Waals surface area (Å²) in [6.07, 6.45) is 4.62. The second-order valence-electron chi connectivity index (χ2n) is 5.22. The van der Waals surface area contributed by atoms with Gasteiger partial charge in [-0.25, -0.2) is 0 Å². The highest BCUT2D eigenvalue weighted by molar-refractivity contribution is 5.75. The second kappa shape index (κ2) is 8.91. The van der Waals surface area contributed by atoms with Gasteiger partial charge in [-0.1, -0.05) is 6.92 Å². The van der Waals surface area contributed by atoms with Crippen molar-refractivity contribution >= 4 is 11.9 Å². The molecular weight excluding hydrogens is 246 g/mol. The zero-order valence-electron chi connectivity index (χ0n) is 11.7. The summed E-state index contributed by atoms with van der Waals surface area (Å²) in [7, 11) is 0. The van der Waals surface area contributed by atoms with Crippen LogP contribution in [0.15, 0.2) is 0 Å². The Hall–Kier alpha value is -1.10. The van der Waals surface area contributed by atoms with E-state index in [1.165, 1.54) is 0 Å². The van der Waals surface area contributed by atoms with Crippen molar-refractivity contribution in [1.29, 1.82) is 0 Å². The van der Waals surface area contributed by atoms with Crippen LogP contribution in [-0.4, -0.2) is 36.7 Å². The summed E-state index contributed by atoms with van der Waals surface area (Å²) in [5.41, 5.74) is 0. The summed E-state index contributed by atoms with van der Waals surface area (Å²) < 4.78 is 5.26. The Morgan fingerprint density at radius 2 is 1.89 bits per heavy atom. The third-order valence-electron chi connectivity index (χ3n) is 3.61. The molecule has 1 fully saturated rings. The minimum atomic E-state index is -0.685. The summed E-state index contributed by atoms with van der Waals surface area (Å²) >= 11 is 0. The van der Waals surface area contributed by atoms with Crippen LogP contribution in [0, 0.1) is 11.8 Å². The number of ether oxygens (including phenoxy) is 1. The molecule has 0 radical (unpaired) electrons. The normalized spacial score (nSPS) is 23.0. The molecule has 0 aromatic heterocycles. The standard InChI is InChI=1S/C14H25NO4/c1-2-8-19-9-7-13(16)15-10-11-3-5-12(6-4-11)14(17)18/h11-12H,2-10H2,1H3,(H,15,16)(H,17,18). The molecule has 0 saturated heterocycles. The maximum Gasteiger partial charge on any atom is 0.306 e. The molecule has 0 heterocycles. The van der Waals surface area contributed by atoms with Gasteiger partial charge in [0.25, 0.3) is 0 Å². The van der Waals surface area contributed by atoms with E-state index in [-0.39, 0.29) is 11.8 Å². The Morgan fingerprint density at radius 3 is 2.47 bits per heavy atom. The fourth-order valence-electron chi connectivity index (χ4n) is 2.37. The largest absolute Gasteiger partial charge is 0.481 e. The zero-order chi connectivity index (χ0) is 14.1. The molecule has 2 N–H and O–H groups in total. The maximum absolute atomic E-state index is 11.5. The van der Waals surface area contributed by atoms with Crippen LogP contribution in [-0.2, 0) is 14.3 Å². The maximum atomic E-state index is 11.5. The topological polar surface area (TPSA) is 75.6 Å². The van der Waals surface area contributed by atoms with E-state index in [4.69, 9.17) is 9.84 Å². The van der Waals surface area contributed by atoms with E-state index in [9.17, 15) is 9.59 Å². The number of nitrogens with one attached hydrogen (secondary N) is 1. The van der Waals surface area contributed by atoms with E-state index in [2.05, 4.69) is 5.32 Å². The molecule has 5 nitrogen and oxygen atoms in total. The van der Waals surface area contributed by atoms with Crippen molar-refractivity contribution in [1.82, 2.24) is 5.32 Å². The van der Waals surface area contributed by atoms with E-state index >= 15 is 0 Å².